The largest absolute Gasteiger partial charge is 0.496 e. The summed E-state index contributed by atoms with van der Waals surface area (Å²) in [7, 11) is 3.30. The Labute approximate surface area is 146 Å². The lowest BCUT2D eigenvalue weighted by molar-refractivity contribution is 0.405. The Morgan fingerprint density at radius 3 is 2.38 bits per heavy atom. The lowest BCUT2D eigenvalue weighted by Crippen LogP contribution is -1.92. The molecule has 0 spiro atoms. The first-order valence-corrected chi connectivity index (χ1v) is 7.97. The van der Waals surface area contributed by atoms with Gasteiger partial charge in [-0.3, -0.25) is 0 Å². The van der Waals surface area contributed by atoms with E-state index >= 15 is 0 Å². The van der Waals surface area contributed by atoms with Crippen LogP contribution in [-0.2, 0) is 0 Å². The zero-order valence-corrected chi connectivity index (χ0v) is 15.0. The van der Waals surface area contributed by atoms with E-state index in [0.29, 0.717) is 5.76 Å². The van der Waals surface area contributed by atoms with E-state index in [1.807, 2.05) is 31.2 Å². The summed E-state index contributed by atoms with van der Waals surface area (Å²) in [5, 5.41) is 3.98. The van der Waals surface area contributed by atoms with Gasteiger partial charge in [0.1, 0.15) is 11.5 Å². The molecule has 0 N–H and O–H groups in total. The molecule has 0 aliphatic carbocycles. The van der Waals surface area contributed by atoms with Gasteiger partial charge in [-0.2, -0.15) is 0 Å². The van der Waals surface area contributed by atoms with Gasteiger partial charge in [0, 0.05) is 16.0 Å². The number of hydrogen-bond acceptors (Lipinski definition) is 5. The Morgan fingerprint density at radius 2 is 1.71 bits per heavy atom. The fraction of sp³-hybridized carbons (Fsp3) is 0.211. The lowest BCUT2D eigenvalue weighted by atomic mass is 9.98. The highest BCUT2D eigenvalue weighted by Crippen LogP contribution is 2.37. The zero-order valence-electron chi connectivity index (χ0n) is 14.1. The summed E-state index contributed by atoms with van der Waals surface area (Å²) in [5.41, 5.74) is 5.05. The molecular formula is C19H19NO3S. The molecule has 1 heterocycles. The third-order valence-electron chi connectivity index (χ3n) is 4.16. The third kappa shape index (κ3) is 2.87. The van der Waals surface area contributed by atoms with Crippen LogP contribution in [0.4, 0.5) is 0 Å². The summed E-state index contributed by atoms with van der Waals surface area (Å²) in [5.74, 6) is 2.26. The van der Waals surface area contributed by atoms with Gasteiger partial charge in [0.25, 0.3) is 0 Å². The number of rotatable bonds is 4. The van der Waals surface area contributed by atoms with Crippen LogP contribution in [0.1, 0.15) is 11.1 Å². The molecule has 2 aromatic carbocycles. The molecule has 0 aliphatic rings. The molecule has 3 aromatic rings. The fourth-order valence-electron chi connectivity index (χ4n) is 2.68. The summed E-state index contributed by atoms with van der Waals surface area (Å²) < 4.78 is 16.3. The summed E-state index contributed by atoms with van der Waals surface area (Å²) in [6.07, 6.45) is 1.71. The number of aromatic nitrogens is 1. The minimum absolute atomic E-state index is 0.703. The van der Waals surface area contributed by atoms with E-state index in [1.54, 1.807) is 20.4 Å². The molecule has 0 amide bonds. The van der Waals surface area contributed by atoms with Gasteiger partial charge in [0.2, 0.25) is 0 Å². The highest BCUT2D eigenvalue weighted by molar-refractivity contribution is 7.80. The summed E-state index contributed by atoms with van der Waals surface area (Å²) in [4.78, 5) is 0.764. The molecule has 0 fully saturated rings. The molecule has 0 radical (unpaired) electrons. The topological polar surface area (TPSA) is 44.5 Å². The van der Waals surface area contributed by atoms with Crippen molar-refractivity contribution in [2.45, 2.75) is 18.7 Å². The van der Waals surface area contributed by atoms with Crippen molar-refractivity contribution in [3.63, 3.8) is 0 Å². The third-order valence-corrected chi connectivity index (χ3v) is 4.51. The van der Waals surface area contributed by atoms with Gasteiger partial charge < -0.3 is 14.0 Å². The summed E-state index contributed by atoms with van der Waals surface area (Å²) >= 11 is 4.47. The maximum atomic E-state index is 5.53. The predicted molar refractivity (Wildman–Crippen MR) is 97.2 cm³/mol. The van der Waals surface area contributed by atoms with Crippen LogP contribution in [0.3, 0.4) is 0 Å². The van der Waals surface area contributed by atoms with Gasteiger partial charge >= 0.3 is 0 Å². The van der Waals surface area contributed by atoms with Crippen LogP contribution >= 0.6 is 12.6 Å². The van der Waals surface area contributed by atoms with Crippen molar-refractivity contribution < 1.29 is 14.0 Å². The zero-order chi connectivity index (χ0) is 17.3. The Balaban J connectivity index is 2.12. The molecule has 0 aliphatic heterocycles. The molecule has 0 atom stereocenters. The molecule has 0 bridgehead atoms. The van der Waals surface area contributed by atoms with Crippen LogP contribution in [0.2, 0.25) is 0 Å². The number of benzene rings is 2. The number of aryl methyl sites for hydroxylation is 1. The first-order valence-electron chi connectivity index (χ1n) is 7.52. The second-order valence-corrected chi connectivity index (χ2v) is 6.06. The highest BCUT2D eigenvalue weighted by atomic mass is 32.1. The van der Waals surface area contributed by atoms with Crippen molar-refractivity contribution in [1.82, 2.24) is 5.16 Å². The van der Waals surface area contributed by atoms with E-state index in [9.17, 15) is 0 Å². The van der Waals surface area contributed by atoms with Crippen LogP contribution in [-0.4, -0.2) is 19.4 Å². The first-order chi connectivity index (χ1) is 11.5. The predicted octanol–water partition coefficient (Wildman–Crippen LogP) is 4.93. The molecule has 0 saturated carbocycles. The normalized spacial score (nSPS) is 10.7. The van der Waals surface area contributed by atoms with Crippen molar-refractivity contribution in [3.8, 4) is 33.9 Å². The van der Waals surface area contributed by atoms with Gasteiger partial charge in [-0.05, 0) is 54.8 Å². The van der Waals surface area contributed by atoms with E-state index in [2.05, 4.69) is 30.8 Å². The van der Waals surface area contributed by atoms with E-state index in [-0.39, 0.29) is 0 Å². The van der Waals surface area contributed by atoms with Gasteiger partial charge in [0.15, 0.2) is 5.76 Å². The molecule has 5 heteroatoms. The quantitative estimate of drug-likeness (QED) is 0.683. The van der Waals surface area contributed by atoms with Gasteiger partial charge in [-0.15, -0.1) is 12.6 Å². The highest BCUT2D eigenvalue weighted by Gasteiger charge is 2.16. The first kappa shape index (κ1) is 16.5. The molecule has 0 saturated heterocycles. The monoisotopic (exact) mass is 341 g/mol. The summed E-state index contributed by atoms with van der Waals surface area (Å²) in [6, 6.07) is 9.84. The van der Waals surface area contributed by atoms with Crippen molar-refractivity contribution in [2.75, 3.05) is 14.2 Å². The Kier molecular flexibility index (Phi) is 4.53. The molecule has 24 heavy (non-hydrogen) atoms. The van der Waals surface area contributed by atoms with Crippen LogP contribution in [0.15, 0.2) is 45.9 Å². The van der Waals surface area contributed by atoms with Crippen molar-refractivity contribution >= 4 is 12.6 Å². The van der Waals surface area contributed by atoms with Crippen molar-refractivity contribution in [1.29, 1.82) is 0 Å². The number of ether oxygens (including phenoxy) is 2. The van der Waals surface area contributed by atoms with E-state index in [4.69, 9.17) is 14.0 Å². The van der Waals surface area contributed by atoms with Crippen LogP contribution in [0.25, 0.3) is 22.5 Å². The lowest BCUT2D eigenvalue weighted by Gasteiger charge is -2.11. The summed E-state index contributed by atoms with van der Waals surface area (Å²) in [6.45, 7) is 4.09. The minimum atomic E-state index is 0.703. The van der Waals surface area contributed by atoms with Gasteiger partial charge in [-0.25, -0.2) is 0 Å². The standard InChI is InChI=1S/C19H19NO3S/c1-11-7-14(8-17(22-4)12(11)2)19-15(10-20-23-19)13-5-6-16(21-3)18(24)9-13/h5-10,24H,1-4H3. The molecule has 124 valence electrons. The Hall–Kier alpha value is -2.40. The van der Waals surface area contributed by atoms with E-state index in [1.165, 1.54) is 0 Å². The van der Waals surface area contributed by atoms with Crippen LogP contribution in [0, 0.1) is 13.8 Å². The molecule has 4 nitrogen and oxygen atoms in total. The fourth-order valence-corrected chi connectivity index (χ4v) is 2.99. The van der Waals surface area contributed by atoms with Gasteiger partial charge in [-0.1, -0.05) is 11.2 Å². The van der Waals surface area contributed by atoms with Gasteiger partial charge in [0.05, 0.1) is 20.4 Å². The van der Waals surface area contributed by atoms with Crippen LogP contribution in [0.5, 0.6) is 11.5 Å². The molecule has 1 aromatic heterocycles. The Bertz CT molecular complexity index is 886. The minimum Gasteiger partial charge on any atom is -0.496 e. The number of hydrogen-bond donors (Lipinski definition) is 1. The van der Waals surface area contributed by atoms with Crippen molar-refractivity contribution in [3.05, 3.63) is 47.7 Å². The Morgan fingerprint density at radius 1 is 0.958 bits per heavy atom. The number of methoxy groups -OCH3 is 2. The number of thiol groups is 1. The van der Waals surface area contributed by atoms with Crippen molar-refractivity contribution in [2.24, 2.45) is 0 Å². The smallest absolute Gasteiger partial charge is 0.174 e. The second kappa shape index (κ2) is 6.61. The molecule has 3 rings (SSSR count). The average Bonchev–Trinajstić information content (AvgIpc) is 3.06. The average molecular weight is 341 g/mol. The maximum Gasteiger partial charge on any atom is 0.174 e. The second-order valence-electron chi connectivity index (χ2n) is 5.58. The van der Waals surface area contributed by atoms with E-state index in [0.717, 1.165) is 44.2 Å². The van der Waals surface area contributed by atoms with Crippen LogP contribution < -0.4 is 9.47 Å². The molecule has 0 unspecified atom stereocenters. The number of nitrogens with zero attached hydrogens (tertiary/aromatic N) is 1. The van der Waals surface area contributed by atoms with E-state index < -0.39 is 0 Å². The molecular weight excluding hydrogens is 322 g/mol. The SMILES string of the molecule is COc1ccc(-c2cnoc2-c2cc(C)c(C)c(OC)c2)cc1S. The maximum absolute atomic E-state index is 5.53.